The van der Waals surface area contributed by atoms with Crippen LogP contribution in [0.2, 0.25) is 5.02 Å². The molecule has 2 unspecified atom stereocenters. The van der Waals surface area contributed by atoms with Gasteiger partial charge in [0.05, 0.1) is 13.0 Å². The summed E-state index contributed by atoms with van der Waals surface area (Å²) in [5.74, 6) is 1.36. The predicted molar refractivity (Wildman–Crippen MR) is 126 cm³/mol. The van der Waals surface area contributed by atoms with Crippen LogP contribution >= 0.6 is 34.5 Å². The Bertz CT molecular complexity index is 989. The second-order valence-electron chi connectivity index (χ2n) is 7.35. The summed E-state index contributed by atoms with van der Waals surface area (Å²) in [6, 6.07) is 10.1. The minimum Gasteiger partial charge on any atom is -0.345 e. The molecule has 2 aromatic rings. The largest absolute Gasteiger partial charge is 0.345 e. The average molecular weight is 492 g/mol. The van der Waals surface area contributed by atoms with Crippen molar-refractivity contribution < 1.29 is 14.4 Å². The van der Waals surface area contributed by atoms with Gasteiger partial charge < -0.3 is 15.1 Å². The normalized spacial score (nSPS) is 17.2. The zero-order chi connectivity index (χ0) is 23.1. The Morgan fingerprint density at radius 3 is 2.69 bits per heavy atom. The number of rotatable bonds is 9. The van der Waals surface area contributed by atoms with Gasteiger partial charge in [0.15, 0.2) is 0 Å². The van der Waals surface area contributed by atoms with E-state index < -0.39 is 11.5 Å². The summed E-state index contributed by atoms with van der Waals surface area (Å²) in [6.07, 6.45) is 5.99. The minimum absolute atomic E-state index is 0.0568. The Balaban J connectivity index is 1.75. The summed E-state index contributed by atoms with van der Waals surface area (Å²) in [4.78, 5) is 42.6. The molecule has 9 heteroatoms. The molecule has 0 bridgehead atoms. The lowest BCUT2D eigenvalue weighted by molar-refractivity contribution is -0.157. The highest BCUT2D eigenvalue weighted by atomic mass is 35.5. The number of nitrogens with one attached hydrogen (secondary N) is 1. The van der Waals surface area contributed by atoms with Crippen molar-refractivity contribution in [3.8, 4) is 12.3 Å². The van der Waals surface area contributed by atoms with Gasteiger partial charge in [0.25, 0.3) is 0 Å². The molecule has 2 atom stereocenters. The third-order valence-corrected chi connectivity index (χ3v) is 6.75. The van der Waals surface area contributed by atoms with Gasteiger partial charge in [-0.2, -0.15) is 0 Å². The van der Waals surface area contributed by atoms with Crippen LogP contribution in [0.3, 0.4) is 0 Å². The van der Waals surface area contributed by atoms with Crippen LogP contribution in [0.1, 0.15) is 16.9 Å². The fraction of sp³-hybridized carbons (Fsp3) is 0.348. The van der Waals surface area contributed by atoms with E-state index in [0.29, 0.717) is 24.4 Å². The topological polar surface area (TPSA) is 69.7 Å². The van der Waals surface area contributed by atoms with Crippen LogP contribution in [0.5, 0.6) is 0 Å². The molecule has 0 saturated carbocycles. The lowest BCUT2D eigenvalue weighted by atomic mass is 10.0. The fourth-order valence-corrected chi connectivity index (χ4v) is 4.70. The van der Waals surface area contributed by atoms with Gasteiger partial charge in [0, 0.05) is 22.9 Å². The molecule has 3 rings (SSSR count). The van der Waals surface area contributed by atoms with E-state index in [1.165, 1.54) is 9.80 Å². The van der Waals surface area contributed by atoms with Gasteiger partial charge >= 0.3 is 0 Å². The van der Waals surface area contributed by atoms with E-state index in [1.807, 2.05) is 29.6 Å². The second kappa shape index (κ2) is 11.4. The first kappa shape index (κ1) is 24.1. The van der Waals surface area contributed by atoms with Crippen molar-refractivity contribution in [2.75, 3.05) is 19.6 Å². The van der Waals surface area contributed by atoms with Gasteiger partial charge in [-0.25, -0.2) is 0 Å². The number of halogens is 2. The molecule has 1 fully saturated rings. The molecular weight excluding hydrogens is 469 g/mol. The Morgan fingerprint density at radius 2 is 2.03 bits per heavy atom. The molecule has 1 saturated heterocycles. The maximum Gasteiger partial charge on any atom is 0.247 e. The van der Waals surface area contributed by atoms with E-state index in [1.54, 1.807) is 23.5 Å². The molecule has 1 aliphatic heterocycles. The van der Waals surface area contributed by atoms with E-state index in [-0.39, 0.29) is 37.2 Å². The van der Waals surface area contributed by atoms with Crippen molar-refractivity contribution in [2.45, 2.75) is 30.8 Å². The number of hydrogen-bond acceptors (Lipinski definition) is 4. The van der Waals surface area contributed by atoms with Crippen LogP contribution in [0, 0.1) is 12.3 Å². The van der Waals surface area contributed by atoms with Gasteiger partial charge in [-0.1, -0.05) is 47.3 Å². The third kappa shape index (κ3) is 6.26. The molecule has 32 heavy (non-hydrogen) atoms. The highest BCUT2D eigenvalue weighted by Crippen LogP contribution is 2.23. The number of nitrogens with zero attached hydrogens (tertiary/aromatic N) is 2. The minimum atomic E-state index is -0.930. The predicted octanol–water partition coefficient (Wildman–Crippen LogP) is 2.93. The van der Waals surface area contributed by atoms with Crippen LogP contribution in [0.25, 0.3) is 0 Å². The SMILES string of the molecule is C#CCNC(=O)CC1C(=O)N(C(Cl)Cc2ccc(Cl)cc2)CC(=O)N1CCc1cccs1. The van der Waals surface area contributed by atoms with Crippen molar-refractivity contribution >= 4 is 52.3 Å². The number of carbonyl (C=O) groups is 3. The van der Waals surface area contributed by atoms with Crippen LogP contribution in [0.15, 0.2) is 41.8 Å². The molecule has 0 spiro atoms. The maximum atomic E-state index is 13.3. The summed E-state index contributed by atoms with van der Waals surface area (Å²) in [6.45, 7) is 0.269. The number of thiophene rings is 1. The van der Waals surface area contributed by atoms with Gasteiger partial charge in [0.1, 0.15) is 18.1 Å². The number of piperazine rings is 1. The molecule has 168 valence electrons. The molecule has 6 nitrogen and oxygen atoms in total. The lowest BCUT2D eigenvalue weighted by Gasteiger charge is -2.41. The Morgan fingerprint density at radius 1 is 1.28 bits per heavy atom. The van der Waals surface area contributed by atoms with Gasteiger partial charge in [0.2, 0.25) is 17.7 Å². The number of hydrogen-bond donors (Lipinski definition) is 1. The Kier molecular flexibility index (Phi) is 8.57. The van der Waals surface area contributed by atoms with Gasteiger partial charge in [-0.3, -0.25) is 14.4 Å². The van der Waals surface area contributed by atoms with Crippen molar-refractivity contribution in [1.82, 2.24) is 15.1 Å². The van der Waals surface area contributed by atoms with E-state index in [0.717, 1.165) is 10.4 Å². The maximum absolute atomic E-state index is 13.3. The first-order valence-electron chi connectivity index (χ1n) is 10.1. The van der Waals surface area contributed by atoms with Crippen molar-refractivity contribution in [3.05, 3.63) is 57.2 Å². The summed E-state index contributed by atoms with van der Waals surface area (Å²) in [5.41, 5.74) is 0.154. The van der Waals surface area contributed by atoms with E-state index >= 15 is 0 Å². The summed E-state index contributed by atoms with van der Waals surface area (Å²) >= 11 is 14.1. The van der Waals surface area contributed by atoms with E-state index in [2.05, 4.69) is 11.2 Å². The second-order valence-corrected chi connectivity index (χ2v) is 9.32. The first-order chi connectivity index (χ1) is 15.4. The Hall–Kier alpha value is -2.53. The molecule has 1 N–H and O–H groups in total. The molecule has 3 amide bonds. The fourth-order valence-electron chi connectivity index (χ4n) is 3.54. The molecule has 1 aliphatic rings. The van der Waals surface area contributed by atoms with Crippen molar-refractivity contribution in [3.63, 3.8) is 0 Å². The monoisotopic (exact) mass is 491 g/mol. The smallest absolute Gasteiger partial charge is 0.247 e. The molecule has 1 aromatic heterocycles. The number of amides is 3. The Labute approximate surface area is 201 Å². The number of benzene rings is 1. The highest BCUT2D eigenvalue weighted by molar-refractivity contribution is 7.09. The highest BCUT2D eigenvalue weighted by Gasteiger charge is 2.42. The van der Waals surface area contributed by atoms with E-state index in [9.17, 15) is 14.4 Å². The molecule has 0 radical (unpaired) electrons. The van der Waals surface area contributed by atoms with Crippen LogP contribution in [-0.4, -0.2) is 58.7 Å². The number of carbonyl (C=O) groups excluding carboxylic acids is 3. The lowest BCUT2D eigenvalue weighted by Crippen LogP contribution is -2.62. The van der Waals surface area contributed by atoms with Crippen LogP contribution < -0.4 is 5.32 Å². The first-order valence-corrected chi connectivity index (χ1v) is 11.8. The molecule has 0 aliphatic carbocycles. The molecule has 1 aromatic carbocycles. The summed E-state index contributed by atoms with van der Waals surface area (Å²) < 4.78 is 0. The van der Waals surface area contributed by atoms with Crippen molar-refractivity contribution in [2.24, 2.45) is 0 Å². The van der Waals surface area contributed by atoms with E-state index in [4.69, 9.17) is 29.6 Å². The summed E-state index contributed by atoms with van der Waals surface area (Å²) in [7, 11) is 0. The quantitative estimate of drug-likeness (QED) is 0.333. The average Bonchev–Trinajstić information content (AvgIpc) is 3.29. The summed E-state index contributed by atoms with van der Waals surface area (Å²) in [5, 5.41) is 5.13. The van der Waals surface area contributed by atoms with Crippen LogP contribution in [0.4, 0.5) is 0 Å². The zero-order valence-electron chi connectivity index (χ0n) is 17.3. The van der Waals surface area contributed by atoms with Gasteiger partial charge in [-0.15, -0.1) is 17.8 Å². The van der Waals surface area contributed by atoms with Gasteiger partial charge in [-0.05, 0) is 35.6 Å². The molecule has 2 heterocycles. The van der Waals surface area contributed by atoms with Crippen LogP contribution in [-0.2, 0) is 27.2 Å². The molecular formula is C23H23Cl2N3O3S. The number of terminal acetylenes is 1. The third-order valence-electron chi connectivity index (χ3n) is 5.17. The standard InChI is InChI=1S/C23H23Cl2N3O3S/c1-2-10-26-21(29)14-19-23(31)28(20(25)13-16-5-7-17(24)8-6-16)15-22(30)27(19)11-9-18-4-3-12-32-18/h1,3-8,12,19-20H,9-11,13-15H2,(H,26,29). The van der Waals surface area contributed by atoms with Crippen molar-refractivity contribution in [1.29, 1.82) is 0 Å². The number of alkyl halides is 1. The zero-order valence-corrected chi connectivity index (χ0v) is 19.6.